The van der Waals surface area contributed by atoms with E-state index in [1.165, 1.54) is 28.6 Å². The molecule has 3 atom stereocenters. The van der Waals surface area contributed by atoms with E-state index >= 15 is 4.39 Å². The summed E-state index contributed by atoms with van der Waals surface area (Å²) in [4.78, 5) is -0.0578. The number of benzene rings is 2. The number of fused-ring (bicyclic) bond motifs is 3. The maximum Gasteiger partial charge on any atom is 0.213 e. The van der Waals surface area contributed by atoms with Crippen molar-refractivity contribution in [3.05, 3.63) is 58.6 Å². The predicted molar refractivity (Wildman–Crippen MR) is 130 cm³/mol. The van der Waals surface area contributed by atoms with Crippen molar-refractivity contribution in [2.24, 2.45) is 11.8 Å². The zero-order chi connectivity index (χ0) is 25.6. The fraction of sp³-hybridized carbons (Fsp3) is 0.500. The molecule has 0 spiro atoms. The minimum Gasteiger partial charge on any atom is -0.490 e. The van der Waals surface area contributed by atoms with Gasteiger partial charge in [0.2, 0.25) is 10.0 Å². The maximum absolute atomic E-state index is 15.4. The molecule has 0 aromatic heterocycles. The molecule has 0 radical (unpaired) electrons. The number of hydrogen-bond donors (Lipinski definition) is 0. The molecule has 0 N–H and O–H groups in total. The van der Waals surface area contributed by atoms with Crippen LogP contribution in [0.25, 0.3) is 0 Å². The smallest absolute Gasteiger partial charge is 0.213 e. The lowest BCUT2D eigenvalue weighted by Gasteiger charge is -2.51. The number of hydrogen-bond acceptors (Lipinski definition) is 5. The van der Waals surface area contributed by atoms with Crippen LogP contribution in [-0.4, -0.2) is 46.6 Å². The molecule has 0 bridgehead atoms. The topological polar surface area (TPSA) is 80.8 Å². The van der Waals surface area contributed by atoms with Gasteiger partial charge in [0.25, 0.3) is 0 Å². The van der Waals surface area contributed by atoms with Gasteiger partial charge in [0.15, 0.2) is 21.4 Å². The summed E-state index contributed by atoms with van der Waals surface area (Å²) in [6.45, 7) is 3.39. The molecule has 192 valence electrons. The summed E-state index contributed by atoms with van der Waals surface area (Å²) in [5, 5.41) is 0.340. The first-order valence-corrected chi connectivity index (χ1v) is 15.1. The van der Waals surface area contributed by atoms with E-state index in [-0.39, 0.29) is 42.3 Å². The van der Waals surface area contributed by atoms with Gasteiger partial charge in [-0.2, -0.15) is 0 Å². The summed E-state index contributed by atoms with van der Waals surface area (Å²) >= 11 is 5.98. The number of sulfone groups is 1. The van der Waals surface area contributed by atoms with Gasteiger partial charge in [-0.05, 0) is 62.1 Å². The highest BCUT2D eigenvalue weighted by Gasteiger charge is 2.61. The Morgan fingerprint density at radius 3 is 2.34 bits per heavy atom. The van der Waals surface area contributed by atoms with Gasteiger partial charge in [0.05, 0.1) is 22.8 Å². The minimum atomic E-state index is -4.28. The molecule has 35 heavy (non-hydrogen) atoms. The molecule has 1 aliphatic carbocycles. The average molecular weight is 548 g/mol. The normalized spacial score (nSPS) is 24.5. The number of rotatable bonds is 7. The van der Waals surface area contributed by atoms with E-state index in [0.717, 1.165) is 12.1 Å². The van der Waals surface area contributed by atoms with E-state index in [1.807, 2.05) is 0 Å². The van der Waals surface area contributed by atoms with Gasteiger partial charge in [-0.1, -0.05) is 24.9 Å². The highest BCUT2D eigenvalue weighted by molar-refractivity contribution is 7.92. The second-order valence-electron chi connectivity index (χ2n) is 9.00. The molecule has 1 saturated carbocycles. The second kappa shape index (κ2) is 9.61. The first-order valence-electron chi connectivity index (χ1n) is 11.6. The minimum absolute atomic E-state index is 0.0578. The number of nitrogens with zero attached hydrogens (tertiary/aromatic N) is 1. The van der Waals surface area contributed by atoms with E-state index in [1.54, 1.807) is 13.8 Å². The van der Waals surface area contributed by atoms with Crippen LogP contribution in [0.2, 0.25) is 5.02 Å². The molecule has 11 heteroatoms. The Kier molecular flexibility index (Phi) is 7.23. The summed E-state index contributed by atoms with van der Waals surface area (Å²) in [6.07, 6.45) is 0.990. The maximum atomic E-state index is 15.4. The number of halogens is 3. The number of sulfonamides is 1. The quantitative estimate of drug-likeness (QED) is 0.499. The standard InChI is InChI=1S/C24H28ClF2NO5S2/c1-3-28(34(29,30)4-2)14-16-6-5-13-24(35(31,32)18-9-7-17(25)8-10-18)19(16)15-33-23-21(27)12-11-20(26)22(23)24/h7-12,16,19H,3-6,13-15H2,1-2H3/t16-,19?,24-/m0/s1. The van der Waals surface area contributed by atoms with Crippen molar-refractivity contribution in [3.63, 3.8) is 0 Å². The fourth-order valence-electron chi connectivity index (χ4n) is 5.61. The fourth-order valence-corrected chi connectivity index (χ4v) is 9.36. The van der Waals surface area contributed by atoms with Crippen molar-refractivity contribution >= 4 is 31.5 Å². The van der Waals surface area contributed by atoms with Crippen molar-refractivity contribution in [2.75, 3.05) is 25.4 Å². The van der Waals surface area contributed by atoms with Crippen LogP contribution in [0.4, 0.5) is 8.78 Å². The molecule has 4 rings (SSSR count). The Hall–Kier alpha value is -1.75. The first-order chi connectivity index (χ1) is 16.5. The van der Waals surface area contributed by atoms with E-state index in [9.17, 15) is 21.2 Å². The van der Waals surface area contributed by atoms with Crippen molar-refractivity contribution < 1.29 is 30.4 Å². The lowest BCUT2D eigenvalue weighted by molar-refractivity contribution is 0.0660. The molecule has 1 unspecified atom stereocenters. The van der Waals surface area contributed by atoms with Crippen molar-refractivity contribution in [1.29, 1.82) is 0 Å². The monoisotopic (exact) mass is 547 g/mol. The predicted octanol–water partition coefficient (Wildman–Crippen LogP) is 4.77. The van der Waals surface area contributed by atoms with E-state index in [0.29, 0.717) is 17.9 Å². The zero-order valence-corrected chi connectivity index (χ0v) is 21.9. The van der Waals surface area contributed by atoms with Crippen LogP contribution in [0, 0.1) is 23.5 Å². The van der Waals surface area contributed by atoms with Crippen LogP contribution < -0.4 is 4.74 Å². The third-order valence-electron chi connectivity index (χ3n) is 7.33. The van der Waals surface area contributed by atoms with Crippen molar-refractivity contribution in [1.82, 2.24) is 4.31 Å². The first kappa shape index (κ1) is 26.3. The molecule has 1 heterocycles. The van der Waals surface area contributed by atoms with E-state index < -0.39 is 53.8 Å². The molecule has 6 nitrogen and oxygen atoms in total. The summed E-state index contributed by atoms with van der Waals surface area (Å²) in [7, 11) is -7.82. The highest BCUT2D eigenvalue weighted by Crippen LogP contribution is 2.58. The Balaban J connectivity index is 1.93. The van der Waals surface area contributed by atoms with Gasteiger partial charge in [-0.25, -0.2) is 29.9 Å². The Morgan fingerprint density at radius 1 is 1.06 bits per heavy atom. The molecular weight excluding hydrogens is 520 g/mol. The Morgan fingerprint density at radius 2 is 1.71 bits per heavy atom. The second-order valence-corrected chi connectivity index (χ2v) is 13.9. The molecule has 2 aromatic carbocycles. The van der Waals surface area contributed by atoms with Crippen molar-refractivity contribution in [2.45, 2.75) is 42.8 Å². The van der Waals surface area contributed by atoms with E-state index in [4.69, 9.17) is 16.3 Å². The van der Waals surface area contributed by atoms with Gasteiger partial charge >= 0.3 is 0 Å². The van der Waals surface area contributed by atoms with Crippen LogP contribution in [0.3, 0.4) is 0 Å². The molecule has 0 saturated heterocycles. The van der Waals surface area contributed by atoms with Gasteiger partial charge in [0.1, 0.15) is 10.6 Å². The van der Waals surface area contributed by atoms with Crippen LogP contribution >= 0.6 is 11.6 Å². The summed E-state index contributed by atoms with van der Waals surface area (Å²) < 4.78 is 89.3. The third-order valence-corrected chi connectivity index (χ3v) is 12.1. The van der Waals surface area contributed by atoms with E-state index in [2.05, 4.69) is 0 Å². The zero-order valence-electron chi connectivity index (χ0n) is 19.5. The van der Waals surface area contributed by atoms with Crippen LogP contribution in [0.5, 0.6) is 5.75 Å². The van der Waals surface area contributed by atoms with Gasteiger partial charge in [-0.3, -0.25) is 0 Å². The van der Waals surface area contributed by atoms with Gasteiger partial charge in [0, 0.05) is 24.0 Å². The van der Waals surface area contributed by atoms with Crippen molar-refractivity contribution in [3.8, 4) is 5.75 Å². The Labute approximate surface area is 210 Å². The lowest BCUT2D eigenvalue weighted by atomic mass is 9.67. The molecule has 2 aromatic rings. The summed E-state index contributed by atoms with van der Waals surface area (Å²) in [5.41, 5.74) is -0.310. The lowest BCUT2D eigenvalue weighted by Crippen LogP contribution is -2.56. The molecule has 0 amide bonds. The van der Waals surface area contributed by atoms with Gasteiger partial charge in [-0.15, -0.1) is 0 Å². The van der Waals surface area contributed by atoms with Gasteiger partial charge < -0.3 is 4.74 Å². The number of ether oxygens (including phenoxy) is 1. The Bertz CT molecular complexity index is 1320. The molecule has 1 fully saturated rings. The van der Waals surface area contributed by atoms with Crippen LogP contribution in [0.15, 0.2) is 41.3 Å². The molecular formula is C24H28ClF2NO5S2. The van der Waals surface area contributed by atoms with Crippen LogP contribution in [0.1, 0.15) is 38.7 Å². The molecule has 2 aliphatic rings. The average Bonchev–Trinajstić information content (AvgIpc) is 2.84. The van der Waals surface area contributed by atoms with Crippen LogP contribution in [-0.2, 0) is 24.6 Å². The molecule has 1 aliphatic heterocycles. The largest absolute Gasteiger partial charge is 0.490 e. The SMILES string of the molecule is CCN(C[C@@H]1CCC[C@@]2(S(=O)(=O)c3ccc(Cl)cc3)c3c(F)ccc(F)c3OCC12)S(=O)(=O)CC. The summed E-state index contributed by atoms with van der Waals surface area (Å²) in [5.74, 6) is -3.42. The highest BCUT2D eigenvalue weighted by atomic mass is 35.5. The summed E-state index contributed by atoms with van der Waals surface area (Å²) in [6, 6.07) is 7.44. The third kappa shape index (κ3) is 4.26.